The number of halogens is 2. The molecule has 150 valence electrons. The zero-order chi connectivity index (χ0) is 21.3. The monoisotopic (exact) mass is 438 g/mol. The smallest absolute Gasteiger partial charge is 0.335 e. The van der Waals surface area contributed by atoms with E-state index in [-0.39, 0.29) is 11.3 Å². The molecule has 0 heterocycles. The molecule has 0 saturated carbocycles. The molecule has 1 aliphatic carbocycles. The number of carboxylic acids is 1. The van der Waals surface area contributed by atoms with Crippen LogP contribution in [0.1, 0.15) is 37.4 Å². The summed E-state index contributed by atoms with van der Waals surface area (Å²) in [6.07, 6.45) is 2.31. The summed E-state index contributed by atoms with van der Waals surface area (Å²) in [5, 5.41) is 10.00. The van der Waals surface area contributed by atoms with Crippen molar-refractivity contribution >= 4 is 41.0 Å². The highest BCUT2D eigenvalue weighted by Crippen LogP contribution is 2.32. The second-order valence-electron chi connectivity index (χ2n) is 6.99. The third-order valence-corrected chi connectivity index (χ3v) is 5.26. The Morgan fingerprint density at radius 1 is 1.00 bits per heavy atom. The normalized spacial score (nSPS) is 14.1. The van der Waals surface area contributed by atoms with E-state index in [1.54, 1.807) is 54.6 Å². The first-order chi connectivity index (χ1) is 14.4. The average Bonchev–Trinajstić information content (AvgIpc) is 3.00. The maximum Gasteiger partial charge on any atom is 0.335 e. The number of ketones is 1. The van der Waals surface area contributed by atoms with Crippen LogP contribution in [0.5, 0.6) is 5.75 Å². The second kappa shape index (κ2) is 8.34. The fourth-order valence-electron chi connectivity index (χ4n) is 3.37. The van der Waals surface area contributed by atoms with Crippen LogP contribution < -0.4 is 4.74 Å². The van der Waals surface area contributed by atoms with Crippen LogP contribution in [-0.2, 0) is 13.0 Å². The SMILES string of the molecule is O=C(O)c1ccc(COc2ccc3c(c2)C/C(=C\c2cc(Cl)cc(Cl)c2)C3=O)cc1. The van der Waals surface area contributed by atoms with Gasteiger partial charge in [-0.2, -0.15) is 0 Å². The Hall–Kier alpha value is -3.08. The van der Waals surface area contributed by atoms with Crippen LogP contribution in [0, 0.1) is 0 Å². The van der Waals surface area contributed by atoms with Gasteiger partial charge in [0.05, 0.1) is 5.56 Å². The van der Waals surface area contributed by atoms with Gasteiger partial charge in [0.2, 0.25) is 0 Å². The van der Waals surface area contributed by atoms with E-state index in [0.29, 0.717) is 40.0 Å². The summed E-state index contributed by atoms with van der Waals surface area (Å²) < 4.78 is 5.82. The van der Waals surface area contributed by atoms with Gasteiger partial charge in [0.1, 0.15) is 12.4 Å². The van der Waals surface area contributed by atoms with Gasteiger partial charge in [-0.1, -0.05) is 35.3 Å². The molecule has 0 fully saturated rings. The van der Waals surface area contributed by atoms with Crippen LogP contribution in [0.15, 0.2) is 66.2 Å². The van der Waals surface area contributed by atoms with E-state index in [9.17, 15) is 9.59 Å². The highest BCUT2D eigenvalue weighted by atomic mass is 35.5. The molecule has 0 spiro atoms. The molecule has 0 radical (unpaired) electrons. The number of allylic oxidation sites excluding steroid dienone is 1. The highest BCUT2D eigenvalue weighted by molar-refractivity contribution is 6.34. The molecule has 30 heavy (non-hydrogen) atoms. The van der Waals surface area contributed by atoms with E-state index in [1.807, 2.05) is 12.1 Å². The van der Waals surface area contributed by atoms with Crippen molar-refractivity contribution < 1.29 is 19.4 Å². The summed E-state index contributed by atoms with van der Waals surface area (Å²) in [5.41, 5.74) is 4.10. The quantitative estimate of drug-likeness (QED) is 0.489. The van der Waals surface area contributed by atoms with Gasteiger partial charge in [0.15, 0.2) is 5.78 Å². The highest BCUT2D eigenvalue weighted by Gasteiger charge is 2.25. The lowest BCUT2D eigenvalue weighted by atomic mass is 10.1. The van der Waals surface area contributed by atoms with Gasteiger partial charge in [0.25, 0.3) is 0 Å². The molecular weight excluding hydrogens is 423 g/mol. The van der Waals surface area contributed by atoms with Crippen molar-refractivity contribution in [1.82, 2.24) is 0 Å². The second-order valence-corrected chi connectivity index (χ2v) is 7.86. The maximum atomic E-state index is 12.7. The Morgan fingerprint density at radius 3 is 2.37 bits per heavy atom. The van der Waals surface area contributed by atoms with Crippen molar-refractivity contribution in [2.75, 3.05) is 0 Å². The number of carbonyl (C=O) groups is 2. The van der Waals surface area contributed by atoms with Gasteiger partial charge in [-0.05, 0) is 71.3 Å². The summed E-state index contributed by atoms with van der Waals surface area (Å²) in [6.45, 7) is 0.302. The molecule has 1 aliphatic rings. The maximum absolute atomic E-state index is 12.7. The number of Topliss-reactive ketones (excluding diaryl/α,β-unsaturated/α-hetero) is 1. The first-order valence-electron chi connectivity index (χ1n) is 9.18. The molecule has 4 nitrogen and oxygen atoms in total. The van der Waals surface area contributed by atoms with Crippen LogP contribution >= 0.6 is 23.2 Å². The largest absolute Gasteiger partial charge is 0.489 e. The number of aromatic carboxylic acids is 1. The number of hydrogen-bond donors (Lipinski definition) is 1. The third-order valence-electron chi connectivity index (χ3n) is 4.83. The summed E-state index contributed by atoms with van der Waals surface area (Å²) in [6, 6.07) is 17.1. The fraction of sp³-hybridized carbons (Fsp3) is 0.0833. The zero-order valence-corrected chi connectivity index (χ0v) is 17.2. The molecule has 0 atom stereocenters. The van der Waals surface area contributed by atoms with Crippen molar-refractivity contribution in [3.05, 3.63) is 104 Å². The minimum Gasteiger partial charge on any atom is -0.489 e. The lowest BCUT2D eigenvalue weighted by Crippen LogP contribution is -1.99. The van der Waals surface area contributed by atoms with E-state index in [2.05, 4.69) is 0 Å². The Labute approximate surface area is 183 Å². The van der Waals surface area contributed by atoms with Crippen LogP contribution in [-0.4, -0.2) is 16.9 Å². The Bertz CT molecular complexity index is 1160. The van der Waals surface area contributed by atoms with Crippen LogP contribution in [0.2, 0.25) is 10.0 Å². The summed E-state index contributed by atoms with van der Waals surface area (Å²) in [5.74, 6) is -0.331. The number of benzene rings is 3. The standard InChI is InChI=1S/C24H16Cl2O4/c25-19-8-15(9-20(26)12-19)7-18-10-17-11-21(5-6-22(17)23(18)27)30-13-14-1-3-16(4-2-14)24(28)29/h1-9,11-12H,10,13H2,(H,28,29)/b18-7+. The van der Waals surface area contributed by atoms with Crippen LogP contribution in [0.3, 0.4) is 0 Å². The van der Waals surface area contributed by atoms with Gasteiger partial charge >= 0.3 is 5.97 Å². The Balaban J connectivity index is 1.49. The molecule has 0 amide bonds. The van der Waals surface area contributed by atoms with Crippen LogP contribution in [0.4, 0.5) is 0 Å². The van der Waals surface area contributed by atoms with Crippen LogP contribution in [0.25, 0.3) is 6.08 Å². The molecule has 4 rings (SSSR count). The van der Waals surface area contributed by atoms with Crippen molar-refractivity contribution in [3.63, 3.8) is 0 Å². The minimum atomic E-state index is -0.963. The predicted octanol–water partition coefficient (Wildman–Crippen LogP) is 6.09. The fourth-order valence-corrected chi connectivity index (χ4v) is 3.92. The first kappa shape index (κ1) is 20.2. The predicted molar refractivity (Wildman–Crippen MR) is 117 cm³/mol. The first-order valence-corrected chi connectivity index (χ1v) is 9.94. The molecule has 0 bridgehead atoms. The van der Waals surface area contributed by atoms with E-state index >= 15 is 0 Å². The summed E-state index contributed by atoms with van der Waals surface area (Å²) >= 11 is 12.1. The molecule has 6 heteroatoms. The number of carboxylic acid groups (broad SMARTS) is 1. The van der Waals surface area contributed by atoms with Crippen molar-refractivity contribution in [2.24, 2.45) is 0 Å². The lowest BCUT2D eigenvalue weighted by Gasteiger charge is -2.08. The average molecular weight is 439 g/mol. The van der Waals surface area contributed by atoms with E-state index in [4.69, 9.17) is 33.0 Å². The number of carbonyl (C=O) groups excluding carboxylic acids is 1. The summed E-state index contributed by atoms with van der Waals surface area (Å²) in [4.78, 5) is 23.7. The molecule has 0 saturated heterocycles. The molecule has 3 aromatic carbocycles. The van der Waals surface area contributed by atoms with Crippen molar-refractivity contribution in [3.8, 4) is 5.75 Å². The number of ether oxygens (including phenoxy) is 1. The van der Waals surface area contributed by atoms with E-state index < -0.39 is 5.97 Å². The van der Waals surface area contributed by atoms with Gasteiger partial charge in [-0.25, -0.2) is 4.79 Å². The number of rotatable bonds is 5. The molecule has 0 unspecified atom stereocenters. The van der Waals surface area contributed by atoms with Gasteiger partial charge < -0.3 is 9.84 Å². The Kier molecular flexibility index (Phi) is 5.62. The van der Waals surface area contributed by atoms with E-state index in [0.717, 1.165) is 16.7 Å². The third kappa shape index (κ3) is 4.40. The number of fused-ring (bicyclic) bond motifs is 1. The molecule has 0 aromatic heterocycles. The molecule has 3 aromatic rings. The number of hydrogen-bond acceptors (Lipinski definition) is 3. The minimum absolute atomic E-state index is 0.0168. The molecular formula is C24H16Cl2O4. The van der Waals surface area contributed by atoms with Crippen molar-refractivity contribution in [2.45, 2.75) is 13.0 Å². The molecule has 1 N–H and O–H groups in total. The van der Waals surface area contributed by atoms with Crippen molar-refractivity contribution in [1.29, 1.82) is 0 Å². The zero-order valence-electron chi connectivity index (χ0n) is 15.7. The lowest BCUT2D eigenvalue weighted by molar-refractivity contribution is 0.0696. The molecule has 0 aliphatic heterocycles. The van der Waals surface area contributed by atoms with E-state index in [1.165, 1.54) is 0 Å². The Morgan fingerprint density at radius 2 is 1.70 bits per heavy atom. The van der Waals surface area contributed by atoms with Gasteiger partial charge in [-0.15, -0.1) is 0 Å². The van der Waals surface area contributed by atoms with Gasteiger partial charge in [-0.3, -0.25) is 4.79 Å². The summed E-state index contributed by atoms with van der Waals surface area (Å²) in [7, 11) is 0. The topological polar surface area (TPSA) is 63.6 Å². The van der Waals surface area contributed by atoms with Gasteiger partial charge in [0, 0.05) is 27.6 Å².